The zero-order valence-electron chi connectivity index (χ0n) is 12.6. The van der Waals surface area contributed by atoms with Gasteiger partial charge < -0.3 is 10.2 Å². The Hall–Kier alpha value is -1.42. The van der Waals surface area contributed by atoms with Gasteiger partial charge in [0.25, 0.3) is 0 Å². The molecule has 1 aliphatic heterocycles. The molecule has 1 aromatic rings. The molecule has 1 aromatic carbocycles. The van der Waals surface area contributed by atoms with E-state index in [1.54, 1.807) is 6.07 Å². The van der Waals surface area contributed by atoms with Gasteiger partial charge in [-0.1, -0.05) is 19.1 Å². The van der Waals surface area contributed by atoms with Gasteiger partial charge in [-0.25, -0.2) is 4.39 Å². The average Bonchev–Trinajstić information content (AvgIpc) is 3.29. The molecule has 3 nitrogen and oxygen atoms in total. The van der Waals surface area contributed by atoms with E-state index in [9.17, 15) is 9.18 Å². The highest BCUT2D eigenvalue weighted by Gasteiger charge is 2.42. The molecular formula is C17H23FN2O. The number of hydrogen-bond donors (Lipinski definition) is 1. The van der Waals surface area contributed by atoms with Gasteiger partial charge in [-0.2, -0.15) is 0 Å². The molecule has 2 aliphatic rings. The van der Waals surface area contributed by atoms with Crippen molar-refractivity contribution in [3.05, 3.63) is 35.6 Å². The third-order valence-electron chi connectivity index (χ3n) is 4.71. The Morgan fingerprint density at radius 3 is 2.71 bits per heavy atom. The minimum atomic E-state index is -0.263. The Bertz CT molecular complexity index is 521. The van der Waals surface area contributed by atoms with Crippen molar-refractivity contribution in [2.75, 3.05) is 13.1 Å². The van der Waals surface area contributed by atoms with E-state index in [-0.39, 0.29) is 17.1 Å². The van der Waals surface area contributed by atoms with Crippen LogP contribution in [0.25, 0.3) is 0 Å². The molecule has 0 spiro atoms. The molecule has 21 heavy (non-hydrogen) atoms. The van der Waals surface area contributed by atoms with Crippen molar-refractivity contribution in [2.24, 2.45) is 5.41 Å². The molecule has 2 fully saturated rings. The summed E-state index contributed by atoms with van der Waals surface area (Å²) in [6, 6.07) is 6.95. The van der Waals surface area contributed by atoms with Crippen LogP contribution in [0.5, 0.6) is 0 Å². The third kappa shape index (κ3) is 3.26. The molecule has 0 atom stereocenters. The molecule has 1 saturated heterocycles. The molecule has 0 aromatic heterocycles. The predicted molar refractivity (Wildman–Crippen MR) is 80.2 cm³/mol. The van der Waals surface area contributed by atoms with Crippen molar-refractivity contribution in [3.8, 4) is 0 Å². The number of carbonyl (C=O) groups is 1. The predicted octanol–water partition coefficient (Wildman–Crippen LogP) is 2.71. The summed E-state index contributed by atoms with van der Waals surface area (Å²) in [5.74, 6) is 0.0135. The number of hydrogen-bond acceptors (Lipinski definition) is 2. The quantitative estimate of drug-likeness (QED) is 0.924. The molecule has 1 N–H and O–H groups in total. The summed E-state index contributed by atoms with van der Waals surface area (Å²) >= 11 is 0. The monoisotopic (exact) mass is 290 g/mol. The number of carbonyl (C=O) groups excluding carboxylic acids is 1. The van der Waals surface area contributed by atoms with E-state index in [0.29, 0.717) is 12.6 Å². The maximum absolute atomic E-state index is 13.4. The van der Waals surface area contributed by atoms with E-state index < -0.39 is 0 Å². The fourth-order valence-corrected chi connectivity index (χ4v) is 3.12. The molecule has 1 heterocycles. The molecule has 1 saturated carbocycles. The molecule has 0 bridgehead atoms. The first-order valence-electron chi connectivity index (χ1n) is 7.85. The van der Waals surface area contributed by atoms with Gasteiger partial charge in [0.2, 0.25) is 5.91 Å². The topological polar surface area (TPSA) is 32.3 Å². The first kappa shape index (κ1) is 14.5. The van der Waals surface area contributed by atoms with Gasteiger partial charge in [0.1, 0.15) is 5.82 Å². The van der Waals surface area contributed by atoms with Gasteiger partial charge in [0, 0.05) is 18.0 Å². The molecule has 3 rings (SSSR count). The second-order valence-corrected chi connectivity index (χ2v) is 6.60. The number of amides is 1. The van der Waals surface area contributed by atoms with Crippen LogP contribution in [0.3, 0.4) is 0 Å². The molecular weight excluding hydrogens is 267 g/mol. The molecule has 0 radical (unpaired) electrons. The van der Waals surface area contributed by atoms with Crippen LogP contribution in [-0.4, -0.2) is 29.9 Å². The smallest absolute Gasteiger partial charge is 0.229 e. The summed E-state index contributed by atoms with van der Waals surface area (Å²) in [4.78, 5) is 15.0. The second-order valence-electron chi connectivity index (χ2n) is 6.60. The van der Waals surface area contributed by atoms with Crippen LogP contribution in [0.15, 0.2) is 24.3 Å². The summed E-state index contributed by atoms with van der Waals surface area (Å²) in [5.41, 5.74) is 0.619. The van der Waals surface area contributed by atoms with Crippen LogP contribution in [0.1, 0.15) is 38.2 Å². The second kappa shape index (κ2) is 5.76. The SMILES string of the molecule is CC1(C(=O)N(Cc2cccc(F)c2)C2CC2)CCNCC1. The van der Waals surface area contributed by atoms with Crippen LogP contribution in [0, 0.1) is 11.2 Å². The maximum atomic E-state index is 13.4. The number of benzene rings is 1. The van der Waals surface area contributed by atoms with E-state index in [4.69, 9.17) is 0 Å². The standard InChI is InChI=1S/C17H23FN2O/c1-17(7-9-19-10-8-17)16(21)20(15-5-6-15)12-13-3-2-4-14(18)11-13/h2-4,11,15,19H,5-10,12H2,1H3. The maximum Gasteiger partial charge on any atom is 0.229 e. The normalized spacial score (nSPS) is 21.0. The van der Waals surface area contributed by atoms with Gasteiger partial charge >= 0.3 is 0 Å². The summed E-state index contributed by atoms with van der Waals surface area (Å²) < 4.78 is 13.4. The lowest BCUT2D eigenvalue weighted by molar-refractivity contribution is -0.144. The number of nitrogens with zero attached hydrogens (tertiary/aromatic N) is 1. The van der Waals surface area contributed by atoms with Gasteiger partial charge in [-0.05, 0) is 56.5 Å². The first-order chi connectivity index (χ1) is 10.1. The largest absolute Gasteiger partial charge is 0.335 e. The Balaban J connectivity index is 1.76. The van der Waals surface area contributed by atoms with Crippen molar-refractivity contribution in [3.63, 3.8) is 0 Å². The highest BCUT2D eigenvalue weighted by atomic mass is 19.1. The van der Waals surface area contributed by atoms with Crippen molar-refractivity contribution < 1.29 is 9.18 Å². The number of rotatable bonds is 4. The van der Waals surface area contributed by atoms with Gasteiger partial charge in [-0.15, -0.1) is 0 Å². The zero-order chi connectivity index (χ0) is 14.9. The summed E-state index contributed by atoms with van der Waals surface area (Å²) in [5, 5.41) is 3.32. The van der Waals surface area contributed by atoms with Crippen LogP contribution in [-0.2, 0) is 11.3 Å². The molecule has 1 aliphatic carbocycles. The highest BCUT2D eigenvalue weighted by Crippen LogP contribution is 2.36. The summed E-state index contributed by atoms with van der Waals surface area (Å²) in [6.45, 7) is 4.42. The van der Waals surface area contributed by atoms with Gasteiger partial charge in [0.15, 0.2) is 0 Å². The van der Waals surface area contributed by atoms with Crippen LogP contribution >= 0.6 is 0 Å². The van der Waals surface area contributed by atoms with E-state index in [1.807, 2.05) is 11.0 Å². The number of piperidine rings is 1. The summed E-state index contributed by atoms with van der Waals surface area (Å²) in [6.07, 6.45) is 3.93. The highest BCUT2D eigenvalue weighted by molar-refractivity contribution is 5.83. The van der Waals surface area contributed by atoms with Crippen LogP contribution < -0.4 is 5.32 Å². The fourth-order valence-electron chi connectivity index (χ4n) is 3.12. The van der Waals surface area contributed by atoms with Crippen molar-refractivity contribution >= 4 is 5.91 Å². The van der Waals surface area contributed by atoms with Crippen molar-refractivity contribution in [1.82, 2.24) is 10.2 Å². The first-order valence-corrected chi connectivity index (χ1v) is 7.85. The zero-order valence-corrected chi connectivity index (χ0v) is 12.6. The fraction of sp³-hybridized carbons (Fsp3) is 0.588. The minimum absolute atomic E-state index is 0.233. The minimum Gasteiger partial charge on any atom is -0.335 e. The van der Waals surface area contributed by atoms with E-state index in [1.165, 1.54) is 12.1 Å². The van der Waals surface area contributed by atoms with Crippen molar-refractivity contribution in [2.45, 2.75) is 45.2 Å². The number of nitrogens with one attached hydrogen (secondary N) is 1. The van der Waals surface area contributed by atoms with E-state index in [0.717, 1.165) is 44.3 Å². The number of halogens is 1. The van der Waals surface area contributed by atoms with Crippen LogP contribution in [0.4, 0.5) is 4.39 Å². The summed E-state index contributed by atoms with van der Waals surface area (Å²) in [7, 11) is 0. The molecule has 0 unspecified atom stereocenters. The Labute approximate surface area is 125 Å². The Morgan fingerprint density at radius 2 is 2.10 bits per heavy atom. The Kier molecular flexibility index (Phi) is 3.98. The molecule has 1 amide bonds. The van der Waals surface area contributed by atoms with E-state index >= 15 is 0 Å². The van der Waals surface area contributed by atoms with Gasteiger partial charge in [-0.3, -0.25) is 4.79 Å². The van der Waals surface area contributed by atoms with E-state index in [2.05, 4.69) is 12.2 Å². The van der Waals surface area contributed by atoms with Crippen molar-refractivity contribution in [1.29, 1.82) is 0 Å². The lowest BCUT2D eigenvalue weighted by atomic mass is 9.79. The lowest BCUT2D eigenvalue weighted by Crippen LogP contribution is -2.48. The molecule has 4 heteroatoms. The van der Waals surface area contributed by atoms with Gasteiger partial charge in [0.05, 0.1) is 0 Å². The average molecular weight is 290 g/mol. The third-order valence-corrected chi connectivity index (χ3v) is 4.71. The lowest BCUT2D eigenvalue weighted by Gasteiger charge is -2.37. The Morgan fingerprint density at radius 1 is 1.38 bits per heavy atom. The molecule has 114 valence electrons. The van der Waals surface area contributed by atoms with Crippen LogP contribution in [0.2, 0.25) is 0 Å².